The topological polar surface area (TPSA) is 60.0 Å². The minimum absolute atomic E-state index is 0. The van der Waals surface area contributed by atoms with Gasteiger partial charge in [-0.1, -0.05) is 6.07 Å². The van der Waals surface area contributed by atoms with E-state index in [-0.39, 0.29) is 30.7 Å². The SMILES string of the molecule is CC(C)(C)NC[C@H](O)COc1cccc(OC[C@@H]2CCCO2)c1.Cl. The molecule has 1 fully saturated rings. The Morgan fingerprint density at radius 3 is 2.62 bits per heavy atom. The average Bonchev–Trinajstić information content (AvgIpc) is 3.02. The van der Waals surface area contributed by atoms with Crippen LogP contribution in [0.3, 0.4) is 0 Å². The van der Waals surface area contributed by atoms with Crippen LogP contribution in [0.2, 0.25) is 0 Å². The van der Waals surface area contributed by atoms with Crippen molar-refractivity contribution in [3.8, 4) is 11.5 Å². The van der Waals surface area contributed by atoms with Crippen molar-refractivity contribution in [2.24, 2.45) is 0 Å². The molecule has 2 rings (SSSR count). The van der Waals surface area contributed by atoms with E-state index >= 15 is 0 Å². The molecule has 0 radical (unpaired) electrons. The van der Waals surface area contributed by atoms with E-state index in [0.717, 1.165) is 25.2 Å². The van der Waals surface area contributed by atoms with Gasteiger partial charge in [0.2, 0.25) is 0 Å². The van der Waals surface area contributed by atoms with Crippen molar-refractivity contribution >= 4 is 12.4 Å². The zero-order chi connectivity index (χ0) is 16.7. The van der Waals surface area contributed by atoms with E-state index in [0.29, 0.717) is 18.9 Å². The number of aliphatic hydroxyl groups excluding tert-OH is 1. The third kappa shape index (κ3) is 8.20. The van der Waals surface area contributed by atoms with E-state index in [9.17, 15) is 5.11 Å². The zero-order valence-electron chi connectivity index (χ0n) is 14.8. The molecule has 5 nitrogen and oxygen atoms in total. The van der Waals surface area contributed by atoms with Gasteiger partial charge < -0.3 is 24.6 Å². The van der Waals surface area contributed by atoms with Crippen LogP contribution in [0, 0.1) is 0 Å². The first-order chi connectivity index (χ1) is 10.9. The minimum Gasteiger partial charge on any atom is -0.491 e. The number of halogens is 1. The van der Waals surface area contributed by atoms with E-state index in [2.05, 4.69) is 26.1 Å². The Morgan fingerprint density at radius 2 is 2.00 bits per heavy atom. The van der Waals surface area contributed by atoms with Gasteiger partial charge in [-0.3, -0.25) is 0 Å². The van der Waals surface area contributed by atoms with Crippen LogP contribution < -0.4 is 14.8 Å². The average molecular weight is 360 g/mol. The Labute approximate surface area is 151 Å². The quantitative estimate of drug-likeness (QED) is 0.747. The number of nitrogens with one attached hydrogen (secondary N) is 1. The molecule has 0 saturated carbocycles. The minimum atomic E-state index is -0.550. The molecule has 0 aliphatic carbocycles. The molecule has 0 bridgehead atoms. The monoisotopic (exact) mass is 359 g/mol. The molecule has 1 aromatic carbocycles. The molecule has 2 N–H and O–H groups in total. The first kappa shape index (κ1) is 21.0. The van der Waals surface area contributed by atoms with Crippen LogP contribution in [0.25, 0.3) is 0 Å². The fourth-order valence-electron chi connectivity index (χ4n) is 2.29. The van der Waals surface area contributed by atoms with E-state index < -0.39 is 6.10 Å². The molecule has 6 heteroatoms. The molecule has 1 saturated heterocycles. The third-order valence-corrected chi connectivity index (χ3v) is 3.58. The van der Waals surface area contributed by atoms with Gasteiger partial charge in [0.05, 0.1) is 6.10 Å². The number of rotatable bonds is 8. The largest absolute Gasteiger partial charge is 0.491 e. The van der Waals surface area contributed by atoms with Gasteiger partial charge in [0.15, 0.2) is 0 Å². The van der Waals surface area contributed by atoms with Crippen molar-refractivity contribution in [3.63, 3.8) is 0 Å². The molecule has 138 valence electrons. The van der Waals surface area contributed by atoms with Gasteiger partial charge in [0.25, 0.3) is 0 Å². The van der Waals surface area contributed by atoms with Crippen molar-refractivity contribution in [2.75, 3.05) is 26.4 Å². The van der Waals surface area contributed by atoms with Crippen molar-refractivity contribution in [2.45, 2.75) is 51.4 Å². The Kier molecular flexibility index (Phi) is 8.84. The predicted molar refractivity (Wildman–Crippen MR) is 97.4 cm³/mol. The number of aliphatic hydroxyl groups is 1. The molecule has 0 unspecified atom stereocenters. The van der Waals surface area contributed by atoms with Crippen molar-refractivity contribution < 1.29 is 19.3 Å². The Balaban J connectivity index is 0.00000288. The molecule has 1 aliphatic rings. The second-order valence-corrected chi connectivity index (χ2v) is 7.02. The standard InChI is InChI=1S/C18H29NO4.ClH/c1-18(2,3)19-11-14(20)12-22-15-6-4-7-16(10-15)23-13-17-8-5-9-21-17;/h4,6-7,10,14,17,19-20H,5,8-9,11-13H2,1-3H3;1H/t14-,17-;/m0./s1. The van der Waals surface area contributed by atoms with Crippen molar-refractivity contribution in [1.29, 1.82) is 0 Å². The smallest absolute Gasteiger partial charge is 0.123 e. The lowest BCUT2D eigenvalue weighted by Gasteiger charge is -2.23. The number of β-amino-alcohol motifs (C(OH)–C–C–N with tert-alkyl or cyclic N) is 1. The zero-order valence-corrected chi connectivity index (χ0v) is 15.6. The van der Waals surface area contributed by atoms with Crippen LogP contribution in [-0.2, 0) is 4.74 Å². The summed E-state index contributed by atoms with van der Waals surface area (Å²) in [5.74, 6) is 1.46. The van der Waals surface area contributed by atoms with Crippen LogP contribution in [0.5, 0.6) is 11.5 Å². The fourth-order valence-corrected chi connectivity index (χ4v) is 2.29. The molecule has 0 amide bonds. The van der Waals surface area contributed by atoms with Crippen molar-refractivity contribution in [3.05, 3.63) is 24.3 Å². The van der Waals surface area contributed by atoms with Crippen LogP contribution in [0.4, 0.5) is 0 Å². The van der Waals surface area contributed by atoms with Crippen LogP contribution >= 0.6 is 12.4 Å². The second-order valence-electron chi connectivity index (χ2n) is 7.02. The Bertz CT molecular complexity index is 472. The van der Waals surface area contributed by atoms with Crippen LogP contribution in [0.15, 0.2) is 24.3 Å². The van der Waals surface area contributed by atoms with Crippen LogP contribution in [-0.4, -0.2) is 49.2 Å². The van der Waals surface area contributed by atoms with Gasteiger partial charge in [-0.15, -0.1) is 12.4 Å². The first-order valence-electron chi connectivity index (χ1n) is 8.33. The summed E-state index contributed by atoms with van der Waals surface area (Å²) in [6.07, 6.45) is 1.82. The second kappa shape index (κ2) is 10.1. The van der Waals surface area contributed by atoms with Crippen LogP contribution in [0.1, 0.15) is 33.6 Å². The molecular weight excluding hydrogens is 330 g/mol. The summed E-state index contributed by atoms with van der Waals surface area (Å²) in [6.45, 7) is 8.34. The number of hydrogen-bond donors (Lipinski definition) is 2. The van der Waals surface area contributed by atoms with E-state index in [1.54, 1.807) is 0 Å². The molecule has 2 atom stereocenters. The summed E-state index contributed by atoms with van der Waals surface area (Å²) < 4.78 is 16.9. The van der Waals surface area contributed by atoms with Gasteiger partial charge in [0, 0.05) is 24.8 Å². The summed E-state index contributed by atoms with van der Waals surface area (Å²) in [5.41, 5.74) is -0.0168. The molecule has 1 aliphatic heterocycles. The number of hydrogen-bond acceptors (Lipinski definition) is 5. The Morgan fingerprint density at radius 1 is 1.29 bits per heavy atom. The normalized spacial score (nSPS) is 18.8. The fraction of sp³-hybridized carbons (Fsp3) is 0.667. The van der Waals surface area contributed by atoms with Gasteiger partial charge in [-0.25, -0.2) is 0 Å². The number of benzene rings is 1. The van der Waals surface area contributed by atoms with Gasteiger partial charge in [0.1, 0.15) is 30.8 Å². The lowest BCUT2D eigenvalue weighted by Crippen LogP contribution is -2.42. The number of ether oxygens (including phenoxy) is 3. The summed E-state index contributed by atoms with van der Waals surface area (Å²) in [4.78, 5) is 0. The van der Waals surface area contributed by atoms with Gasteiger partial charge in [-0.2, -0.15) is 0 Å². The molecule has 0 spiro atoms. The summed E-state index contributed by atoms with van der Waals surface area (Å²) >= 11 is 0. The van der Waals surface area contributed by atoms with Gasteiger partial charge >= 0.3 is 0 Å². The third-order valence-electron chi connectivity index (χ3n) is 3.58. The highest BCUT2D eigenvalue weighted by Gasteiger charge is 2.16. The van der Waals surface area contributed by atoms with E-state index in [4.69, 9.17) is 14.2 Å². The molecular formula is C18H30ClNO4. The van der Waals surface area contributed by atoms with Crippen molar-refractivity contribution in [1.82, 2.24) is 5.32 Å². The lowest BCUT2D eigenvalue weighted by molar-refractivity contribution is 0.0676. The predicted octanol–water partition coefficient (Wildman–Crippen LogP) is 2.79. The first-order valence-corrected chi connectivity index (χ1v) is 8.33. The van der Waals surface area contributed by atoms with E-state index in [1.807, 2.05) is 24.3 Å². The maximum atomic E-state index is 9.95. The Hall–Kier alpha value is -1.01. The summed E-state index contributed by atoms with van der Waals surface area (Å²) in [5, 5.41) is 13.2. The highest BCUT2D eigenvalue weighted by atomic mass is 35.5. The molecule has 1 aromatic rings. The molecule has 1 heterocycles. The summed E-state index contributed by atoms with van der Waals surface area (Å²) in [6, 6.07) is 7.50. The molecule has 0 aromatic heterocycles. The van der Waals surface area contributed by atoms with E-state index in [1.165, 1.54) is 0 Å². The summed E-state index contributed by atoms with van der Waals surface area (Å²) in [7, 11) is 0. The van der Waals surface area contributed by atoms with Gasteiger partial charge in [-0.05, 0) is 45.7 Å². The highest BCUT2D eigenvalue weighted by Crippen LogP contribution is 2.21. The maximum absolute atomic E-state index is 9.95. The highest BCUT2D eigenvalue weighted by molar-refractivity contribution is 5.85. The molecule has 24 heavy (non-hydrogen) atoms. The lowest BCUT2D eigenvalue weighted by atomic mass is 10.1. The maximum Gasteiger partial charge on any atom is 0.123 e.